The van der Waals surface area contributed by atoms with Gasteiger partial charge in [0.2, 0.25) is 0 Å². The molecule has 0 fully saturated rings. The monoisotopic (exact) mass is 334 g/mol. The number of carbonyl (C=O) groups is 1. The molecule has 0 saturated heterocycles. The zero-order valence-corrected chi connectivity index (χ0v) is 12.8. The average Bonchev–Trinajstić information content (AvgIpc) is 2.53. The Morgan fingerprint density at radius 1 is 1.22 bits per heavy atom. The molecule has 2 aromatic carbocycles. The zero-order valence-electron chi connectivity index (χ0n) is 11.9. The van der Waals surface area contributed by atoms with Gasteiger partial charge in [0, 0.05) is 12.5 Å². The Kier molecular flexibility index (Phi) is 5.07. The van der Waals surface area contributed by atoms with Gasteiger partial charge in [-0.3, -0.25) is 14.4 Å². The SMILES string of the molecule is O=C(O)C(Cc1ccc(O)cc1)N(S)c1ccccc1[N+](=O)[O-]. The summed E-state index contributed by atoms with van der Waals surface area (Å²) in [5, 5.41) is 29.8. The van der Waals surface area contributed by atoms with Crippen LogP contribution in [0.5, 0.6) is 5.75 Å². The van der Waals surface area contributed by atoms with Crippen molar-refractivity contribution in [3.63, 3.8) is 0 Å². The number of nitro groups is 1. The number of anilines is 1. The number of nitrogens with zero attached hydrogens (tertiary/aromatic N) is 2. The molecule has 2 aromatic rings. The van der Waals surface area contributed by atoms with Crippen molar-refractivity contribution in [3.05, 3.63) is 64.2 Å². The van der Waals surface area contributed by atoms with Gasteiger partial charge in [0.05, 0.1) is 4.92 Å². The number of nitro benzene ring substituents is 1. The molecule has 1 unspecified atom stereocenters. The van der Waals surface area contributed by atoms with E-state index in [1.807, 2.05) is 0 Å². The highest BCUT2D eigenvalue weighted by atomic mass is 32.1. The van der Waals surface area contributed by atoms with Crippen LogP contribution in [0, 0.1) is 10.1 Å². The van der Waals surface area contributed by atoms with E-state index in [2.05, 4.69) is 12.8 Å². The Morgan fingerprint density at radius 2 is 1.83 bits per heavy atom. The number of phenolic OH excluding ortho intramolecular Hbond substituents is 1. The first-order valence-electron chi connectivity index (χ1n) is 6.62. The number of benzene rings is 2. The number of hydrogen-bond donors (Lipinski definition) is 3. The number of aliphatic carboxylic acids is 1. The van der Waals surface area contributed by atoms with E-state index in [0.29, 0.717) is 5.56 Å². The number of aromatic hydroxyl groups is 1. The number of phenols is 1. The fourth-order valence-electron chi connectivity index (χ4n) is 2.11. The molecule has 0 aliphatic carbocycles. The second-order valence-corrected chi connectivity index (χ2v) is 5.25. The van der Waals surface area contributed by atoms with E-state index < -0.39 is 16.9 Å². The number of carboxylic acids is 1. The number of thiol groups is 1. The minimum atomic E-state index is -1.16. The Morgan fingerprint density at radius 3 is 2.39 bits per heavy atom. The van der Waals surface area contributed by atoms with Gasteiger partial charge in [0.15, 0.2) is 0 Å². The minimum Gasteiger partial charge on any atom is -0.508 e. The minimum absolute atomic E-state index is 0.0713. The number of rotatable bonds is 6. The summed E-state index contributed by atoms with van der Waals surface area (Å²) >= 11 is 4.17. The summed E-state index contributed by atoms with van der Waals surface area (Å²) in [5.41, 5.74) is 0.541. The maximum atomic E-state index is 11.6. The van der Waals surface area contributed by atoms with Crippen LogP contribution in [0.25, 0.3) is 0 Å². The quantitative estimate of drug-likeness (QED) is 0.426. The predicted octanol–water partition coefficient (Wildman–Crippen LogP) is 2.65. The van der Waals surface area contributed by atoms with E-state index in [4.69, 9.17) is 0 Å². The lowest BCUT2D eigenvalue weighted by atomic mass is 10.1. The highest BCUT2D eigenvalue weighted by Gasteiger charge is 2.28. The molecule has 0 heterocycles. The molecule has 23 heavy (non-hydrogen) atoms. The van der Waals surface area contributed by atoms with Gasteiger partial charge < -0.3 is 10.2 Å². The molecule has 0 aliphatic heterocycles. The van der Waals surface area contributed by atoms with Gasteiger partial charge in [-0.1, -0.05) is 37.1 Å². The smallest absolute Gasteiger partial charge is 0.327 e. The normalized spacial score (nSPS) is 11.7. The van der Waals surface area contributed by atoms with Crippen LogP contribution in [-0.2, 0) is 11.2 Å². The number of hydrogen-bond acceptors (Lipinski definition) is 6. The highest BCUT2D eigenvalue weighted by molar-refractivity contribution is 7.81. The van der Waals surface area contributed by atoms with Crippen molar-refractivity contribution < 1.29 is 19.9 Å². The van der Waals surface area contributed by atoms with Gasteiger partial charge in [-0.25, -0.2) is 4.79 Å². The van der Waals surface area contributed by atoms with Crippen LogP contribution >= 0.6 is 12.8 Å². The van der Waals surface area contributed by atoms with Crippen molar-refractivity contribution in [1.82, 2.24) is 0 Å². The molecule has 1 atom stereocenters. The molecule has 0 bridgehead atoms. The van der Waals surface area contributed by atoms with E-state index in [-0.39, 0.29) is 23.5 Å². The van der Waals surface area contributed by atoms with Crippen molar-refractivity contribution in [2.24, 2.45) is 0 Å². The molecule has 0 saturated carbocycles. The summed E-state index contributed by atoms with van der Waals surface area (Å²) in [7, 11) is 0. The fraction of sp³-hybridized carbons (Fsp3) is 0.133. The summed E-state index contributed by atoms with van der Waals surface area (Å²) in [4.78, 5) is 22.1. The Bertz CT molecular complexity index is 720. The van der Waals surface area contributed by atoms with Gasteiger partial charge in [-0.15, -0.1) is 0 Å². The summed E-state index contributed by atoms with van der Waals surface area (Å²) in [6.45, 7) is 0. The first kappa shape index (κ1) is 16.6. The first-order valence-corrected chi connectivity index (χ1v) is 7.02. The lowest BCUT2D eigenvalue weighted by molar-refractivity contribution is -0.384. The van der Waals surface area contributed by atoms with E-state index in [9.17, 15) is 25.1 Å². The van der Waals surface area contributed by atoms with Gasteiger partial charge in [-0.2, -0.15) is 0 Å². The average molecular weight is 334 g/mol. The molecular formula is C15H14N2O5S. The molecule has 2 N–H and O–H groups in total. The van der Waals surface area contributed by atoms with Crippen LogP contribution in [0.2, 0.25) is 0 Å². The molecule has 0 radical (unpaired) electrons. The van der Waals surface area contributed by atoms with Crippen LogP contribution in [0.3, 0.4) is 0 Å². The molecule has 2 rings (SSSR count). The van der Waals surface area contributed by atoms with Crippen LogP contribution in [0.1, 0.15) is 5.56 Å². The van der Waals surface area contributed by atoms with Crippen molar-refractivity contribution >= 4 is 30.2 Å². The summed E-state index contributed by atoms with van der Waals surface area (Å²) in [6.07, 6.45) is 0.0746. The van der Waals surface area contributed by atoms with Gasteiger partial charge >= 0.3 is 5.97 Å². The highest BCUT2D eigenvalue weighted by Crippen LogP contribution is 2.31. The van der Waals surface area contributed by atoms with E-state index >= 15 is 0 Å². The maximum absolute atomic E-state index is 11.6. The molecule has 0 aromatic heterocycles. The maximum Gasteiger partial charge on any atom is 0.327 e. The van der Waals surface area contributed by atoms with Crippen molar-refractivity contribution in [1.29, 1.82) is 0 Å². The standard InChI is InChI=1S/C15H14N2O5S/c18-11-7-5-10(6-8-11)9-14(15(19)20)16(23)12-3-1-2-4-13(12)17(21)22/h1-8,14,18,23H,9H2,(H,19,20). The molecule has 0 amide bonds. The first-order chi connectivity index (χ1) is 10.9. The van der Waals surface area contributed by atoms with Crippen molar-refractivity contribution in [3.8, 4) is 5.75 Å². The third-order valence-corrected chi connectivity index (χ3v) is 3.77. The van der Waals surface area contributed by atoms with E-state index in [1.54, 1.807) is 18.2 Å². The number of para-hydroxylation sites is 2. The Labute approximate surface area is 137 Å². The molecule has 0 spiro atoms. The molecule has 120 valence electrons. The van der Waals surface area contributed by atoms with E-state index in [0.717, 1.165) is 4.31 Å². The lowest BCUT2D eigenvalue weighted by Crippen LogP contribution is -2.37. The van der Waals surface area contributed by atoms with Crippen LogP contribution in [-0.4, -0.2) is 27.1 Å². The van der Waals surface area contributed by atoms with Crippen molar-refractivity contribution in [2.75, 3.05) is 4.31 Å². The van der Waals surface area contributed by atoms with Gasteiger partial charge in [-0.05, 0) is 23.8 Å². The van der Waals surface area contributed by atoms with Crippen molar-refractivity contribution in [2.45, 2.75) is 12.5 Å². The molecular weight excluding hydrogens is 320 g/mol. The molecule has 0 aliphatic rings. The zero-order chi connectivity index (χ0) is 17.0. The second-order valence-electron chi connectivity index (χ2n) is 4.82. The predicted molar refractivity (Wildman–Crippen MR) is 87.8 cm³/mol. The van der Waals surface area contributed by atoms with Crippen LogP contribution in [0.15, 0.2) is 48.5 Å². The second kappa shape index (κ2) is 7.01. The van der Waals surface area contributed by atoms with Gasteiger partial charge in [0.1, 0.15) is 17.5 Å². The largest absolute Gasteiger partial charge is 0.508 e. The lowest BCUT2D eigenvalue weighted by Gasteiger charge is -2.25. The summed E-state index contributed by atoms with van der Waals surface area (Å²) < 4.78 is 1.08. The van der Waals surface area contributed by atoms with Gasteiger partial charge in [0.25, 0.3) is 5.69 Å². The third kappa shape index (κ3) is 3.92. The molecule has 7 nitrogen and oxygen atoms in total. The van der Waals surface area contributed by atoms with E-state index in [1.165, 1.54) is 30.3 Å². The Hall–Kier alpha value is -2.74. The third-order valence-electron chi connectivity index (χ3n) is 3.27. The summed E-state index contributed by atoms with van der Waals surface area (Å²) in [5.74, 6) is -1.09. The van der Waals surface area contributed by atoms with Crippen LogP contribution < -0.4 is 4.31 Å². The Balaban J connectivity index is 2.32. The molecule has 8 heteroatoms. The summed E-state index contributed by atoms with van der Waals surface area (Å²) in [6, 6.07) is 10.8. The fourth-order valence-corrected chi connectivity index (χ4v) is 2.46. The van der Waals surface area contributed by atoms with Crippen LogP contribution in [0.4, 0.5) is 11.4 Å². The topological polar surface area (TPSA) is 104 Å². The number of carboxylic acid groups (broad SMARTS) is 1.